The Morgan fingerprint density at radius 2 is 2.07 bits per heavy atom. The Bertz CT molecular complexity index is 379. The summed E-state index contributed by atoms with van der Waals surface area (Å²) in [5, 5.41) is 8.52. The summed E-state index contributed by atoms with van der Waals surface area (Å²) in [6.45, 7) is 0. The Morgan fingerprint density at radius 3 is 2.86 bits per heavy atom. The predicted octanol–water partition coefficient (Wildman–Crippen LogP) is 2.17. The second-order valence-corrected chi connectivity index (χ2v) is 4.95. The summed E-state index contributed by atoms with van der Waals surface area (Å²) < 4.78 is 0. The molecule has 1 aromatic rings. The number of thiophene rings is 1. The SMILES string of the molecule is O=C1NC2(CCCC2)Nc2ccsc21. The molecule has 3 nitrogen and oxygen atoms in total. The fourth-order valence-corrected chi connectivity index (χ4v) is 3.12. The smallest absolute Gasteiger partial charge is 0.265 e. The van der Waals surface area contributed by atoms with E-state index < -0.39 is 0 Å². The van der Waals surface area contributed by atoms with Crippen molar-refractivity contribution in [3.05, 3.63) is 16.3 Å². The van der Waals surface area contributed by atoms with Crippen LogP contribution in [0, 0.1) is 0 Å². The van der Waals surface area contributed by atoms with Gasteiger partial charge in [0.25, 0.3) is 5.91 Å². The molecule has 74 valence electrons. The fourth-order valence-electron chi connectivity index (χ4n) is 2.38. The molecule has 14 heavy (non-hydrogen) atoms. The molecule has 2 N–H and O–H groups in total. The lowest BCUT2D eigenvalue weighted by Gasteiger charge is -2.36. The van der Waals surface area contributed by atoms with Crippen LogP contribution in [-0.2, 0) is 0 Å². The lowest BCUT2D eigenvalue weighted by Crippen LogP contribution is -2.55. The minimum Gasteiger partial charge on any atom is -0.361 e. The van der Waals surface area contributed by atoms with Crippen LogP contribution in [0.15, 0.2) is 11.4 Å². The predicted molar refractivity (Wildman–Crippen MR) is 56.6 cm³/mol. The van der Waals surface area contributed by atoms with E-state index in [9.17, 15) is 4.79 Å². The third kappa shape index (κ3) is 1.07. The van der Waals surface area contributed by atoms with Crippen LogP contribution in [0.1, 0.15) is 35.4 Å². The molecule has 1 spiro atoms. The van der Waals surface area contributed by atoms with Gasteiger partial charge in [-0.3, -0.25) is 4.79 Å². The molecule has 0 atom stereocenters. The molecule has 3 rings (SSSR count). The maximum absolute atomic E-state index is 11.8. The summed E-state index contributed by atoms with van der Waals surface area (Å²) in [5.74, 6) is 0.0932. The molecule has 0 aromatic carbocycles. The normalized spacial score (nSPS) is 23.0. The molecule has 0 saturated heterocycles. The molecule has 1 aliphatic carbocycles. The molecule has 1 amide bonds. The molecule has 1 aromatic heterocycles. The van der Waals surface area contributed by atoms with Gasteiger partial charge in [-0.2, -0.15) is 0 Å². The molecular weight excluding hydrogens is 196 g/mol. The minimum absolute atomic E-state index is 0.0932. The van der Waals surface area contributed by atoms with Gasteiger partial charge in [0.05, 0.1) is 5.69 Å². The second-order valence-electron chi connectivity index (χ2n) is 4.03. The van der Waals surface area contributed by atoms with Crippen molar-refractivity contribution in [2.45, 2.75) is 31.3 Å². The van der Waals surface area contributed by atoms with Gasteiger partial charge in [0.15, 0.2) is 0 Å². The van der Waals surface area contributed by atoms with E-state index in [0.29, 0.717) is 0 Å². The first-order valence-corrected chi connectivity index (χ1v) is 5.85. The Hall–Kier alpha value is -1.03. The van der Waals surface area contributed by atoms with Crippen LogP contribution in [-0.4, -0.2) is 11.6 Å². The highest BCUT2D eigenvalue weighted by Gasteiger charge is 2.40. The van der Waals surface area contributed by atoms with Crippen LogP contribution in [0.4, 0.5) is 5.69 Å². The quantitative estimate of drug-likeness (QED) is 0.686. The lowest BCUT2D eigenvalue weighted by molar-refractivity contribution is 0.0907. The van der Waals surface area contributed by atoms with Gasteiger partial charge in [0, 0.05) is 0 Å². The zero-order valence-corrected chi connectivity index (χ0v) is 8.62. The molecule has 1 saturated carbocycles. The van der Waals surface area contributed by atoms with Crippen molar-refractivity contribution in [3.63, 3.8) is 0 Å². The molecule has 0 bridgehead atoms. The summed E-state index contributed by atoms with van der Waals surface area (Å²) in [4.78, 5) is 12.6. The van der Waals surface area contributed by atoms with E-state index in [1.807, 2.05) is 11.4 Å². The summed E-state index contributed by atoms with van der Waals surface area (Å²) >= 11 is 1.50. The monoisotopic (exact) mass is 208 g/mol. The number of hydrogen-bond acceptors (Lipinski definition) is 3. The third-order valence-corrected chi connectivity index (χ3v) is 3.97. The zero-order chi connectivity index (χ0) is 9.60. The van der Waals surface area contributed by atoms with E-state index in [0.717, 1.165) is 23.4 Å². The van der Waals surface area contributed by atoms with Crippen LogP contribution >= 0.6 is 11.3 Å². The Balaban J connectivity index is 2.00. The number of anilines is 1. The number of rotatable bonds is 0. The highest BCUT2D eigenvalue weighted by Crippen LogP contribution is 2.37. The summed E-state index contributed by atoms with van der Waals surface area (Å²) in [6.07, 6.45) is 4.50. The Morgan fingerprint density at radius 1 is 1.29 bits per heavy atom. The first-order valence-electron chi connectivity index (χ1n) is 4.97. The van der Waals surface area contributed by atoms with Gasteiger partial charge in [-0.15, -0.1) is 11.3 Å². The molecule has 4 heteroatoms. The average molecular weight is 208 g/mol. The van der Waals surface area contributed by atoms with Gasteiger partial charge in [-0.05, 0) is 37.1 Å². The summed E-state index contributed by atoms with van der Waals surface area (Å²) in [5.41, 5.74) is 0.881. The van der Waals surface area contributed by atoms with Crippen LogP contribution in [0.5, 0.6) is 0 Å². The molecule has 2 heterocycles. The van der Waals surface area contributed by atoms with Crippen LogP contribution in [0.2, 0.25) is 0 Å². The van der Waals surface area contributed by atoms with Gasteiger partial charge in [0.2, 0.25) is 0 Å². The molecule has 0 unspecified atom stereocenters. The maximum Gasteiger partial charge on any atom is 0.265 e. The highest BCUT2D eigenvalue weighted by atomic mass is 32.1. The topological polar surface area (TPSA) is 41.1 Å². The van der Waals surface area contributed by atoms with Gasteiger partial charge in [-0.1, -0.05) is 0 Å². The number of carbonyl (C=O) groups excluding carboxylic acids is 1. The number of hydrogen-bond donors (Lipinski definition) is 2. The lowest BCUT2D eigenvalue weighted by atomic mass is 10.1. The first-order chi connectivity index (χ1) is 6.79. The largest absolute Gasteiger partial charge is 0.361 e. The van der Waals surface area contributed by atoms with Gasteiger partial charge in [0.1, 0.15) is 10.5 Å². The van der Waals surface area contributed by atoms with Crippen molar-refractivity contribution in [2.24, 2.45) is 0 Å². The summed E-state index contributed by atoms with van der Waals surface area (Å²) in [7, 11) is 0. The Kier molecular flexibility index (Phi) is 1.62. The van der Waals surface area contributed by atoms with Crippen molar-refractivity contribution in [1.29, 1.82) is 0 Å². The van der Waals surface area contributed by atoms with Gasteiger partial charge < -0.3 is 10.6 Å². The van der Waals surface area contributed by atoms with E-state index >= 15 is 0 Å². The Labute approximate surface area is 86.5 Å². The molecule has 1 fully saturated rings. The third-order valence-electron chi connectivity index (χ3n) is 3.06. The first kappa shape index (κ1) is 8.29. The van der Waals surface area contributed by atoms with Gasteiger partial charge in [-0.25, -0.2) is 0 Å². The number of amides is 1. The maximum atomic E-state index is 11.8. The van der Waals surface area contributed by atoms with E-state index in [2.05, 4.69) is 10.6 Å². The molecule has 1 aliphatic heterocycles. The van der Waals surface area contributed by atoms with Crippen molar-refractivity contribution < 1.29 is 4.79 Å². The molecule has 2 aliphatic rings. The number of nitrogens with one attached hydrogen (secondary N) is 2. The van der Waals surface area contributed by atoms with Crippen molar-refractivity contribution in [1.82, 2.24) is 5.32 Å². The van der Waals surface area contributed by atoms with E-state index in [-0.39, 0.29) is 11.6 Å². The average Bonchev–Trinajstić information content (AvgIpc) is 2.75. The van der Waals surface area contributed by atoms with Crippen molar-refractivity contribution in [3.8, 4) is 0 Å². The van der Waals surface area contributed by atoms with E-state index in [1.165, 1.54) is 24.2 Å². The number of carbonyl (C=O) groups is 1. The molecule has 0 radical (unpaired) electrons. The van der Waals surface area contributed by atoms with E-state index in [1.54, 1.807) is 0 Å². The van der Waals surface area contributed by atoms with Crippen LogP contribution in [0.3, 0.4) is 0 Å². The standard InChI is InChI=1S/C10H12N2OS/c13-9-8-7(3-6-14-8)11-10(12-9)4-1-2-5-10/h3,6,11H,1-2,4-5H2,(H,12,13). The van der Waals surface area contributed by atoms with Crippen LogP contribution < -0.4 is 10.6 Å². The minimum atomic E-state index is -0.134. The zero-order valence-electron chi connectivity index (χ0n) is 7.80. The van der Waals surface area contributed by atoms with E-state index in [4.69, 9.17) is 0 Å². The van der Waals surface area contributed by atoms with Crippen LogP contribution in [0.25, 0.3) is 0 Å². The second kappa shape index (κ2) is 2.73. The van der Waals surface area contributed by atoms with Gasteiger partial charge >= 0.3 is 0 Å². The highest BCUT2D eigenvalue weighted by molar-refractivity contribution is 7.12. The van der Waals surface area contributed by atoms with Crippen molar-refractivity contribution in [2.75, 3.05) is 5.32 Å². The van der Waals surface area contributed by atoms with Crippen molar-refractivity contribution >= 4 is 22.9 Å². The summed E-state index contributed by atoms with van der Waals surface area (Å²) in [6, 6.07) is 2.00. The molecular formula is C10H12N2OS. The fraction of sp³-hybridized carbons (Fsp3) is 0.500. The number of fused-ring (bicyclic) bond motifs is 1.